The monoisotopic (exact) mass is 608 g/mol. The fraction of sp³-hybridized carbons (Fsp3) is 0.559. The highest BCUT2D eigenvalue weighted by Crippen LogP contribution is 2.85. The fourth-order valence-electron chi connectivity index (χ4n) is 9.69. The van der Waals surface area contributed by atoms with Crippen LogP contribution >= 0.6 is 0 Å². The summed E-state index contributed by atoms with van der Waals surface area (Å²) in [6.45, 7) is 13.7. The van der Waals surface area contributed by atoms with Crippen molar-refractivity contribution in [1.82, 2.24) is 0 Å². The van der Waals surface area contributed by atoms with Gasteiger partial charge in [0.05, 0.1) is 10.8 Å². The van der Waals surface area contributed by atoms with E-state index in [-0.39, 0.29) is 19.3 Å². The molecule has 0 aliphatic heterocycles. The largest absolute Gasteiger partial charge is 0.461 e. The van der Waals surface area contributed by atoms with Gasteiger partial charge < -0.3 is 24.1 Å². The molecule has 10 nitrogen and oxygen atoms in total. The quantitative estimate of drug-likeness (QED) is 0.220. The van der Waals surface area contributed by atoms with Crippen LogP contribution in [0.5, 0.6) is 0 Å². The molecular formula is C34H40O10. The van der Waals surface area contributed by atoms with Crippen molar-refractivity contribution in [3.8, 4) is 0 Å². The van der Waals surface area contributed by atoms with Crippen molar-refractivity contribution in [3.05, 3.63) is 54.1 Å². The number of Topliss-reactive ketones (excluding diaryl/α,β-unsaturated/α-hetero) is 1. The van der Waals surface area contributed by atoms with E-state index in [9.17, 15) is 29.1 Å². The molecule has 0 heterocycles. The number of aliphatic hydroxyl groups excluding tert-OH is 1. The normalized spacial score (nSPS) is 38.4. The topological polar surface area (TPSA) is 143 Å². The smallest absolute Gasteiger partial charge is 0.331 e. The van der Waals surface area contributed by atoms with E-state index in [2.05, 4.69) is 6.58 Å². The van der Waals surface area contributed by atoms with Crippen LogP contribution in [0.4, 0.5) is 0 Å². The maximum absolute atomic E-state index is 13.7. The second kappa shape index (κ2) is 10.7. The molecule has 0 unspecified atom stereocenters. The van der Waals surface area contributed by atoms with Gasteiger partial charge in [0.25, 0.3) is 0 Å². The van der Waals surface area contributed by atoms with Crippen molar-refractivity contribution in [2.75, 3.05) is 0 Å². The molecule has 0 radical (unpaired) electrons. The maximum atomic E-state index is 13.7. The number of carbonyl (C=O) groups is 5. The molecule has 4 saturated carbocycles. The molecule has 9 atom stereocenters. The molecular weight excluding hydrogens is 568 g/mol. The van der Waals surface area contributed by atoms with Crippen LogP contribution in [-0.2, 0) is 42.9 Å². The van der Waals surface area contributed by atoms with Crippen LogP contribution in [0.15, 0.2) is 48.6 Å². The Morgan fingerprint density at radius 1 is 0.886 bits per heavy atom. The third-order valence-corrected chi connectivity index (χ3v) is 11.0. The summed E-state index contributed by atoms with van der Waals surface area (Å²) < 4.78 is 24.1. The lowest BCUT2D eigenvalue weighted by molar-refractivity contribution is -0.208. The molecule has 1 aromatic rings. The van der Waals surface area contributed by atoms with Gasteiger partial charge in [0.15, 0.2) is 5.78 Å². The Hall–Kier alpha value is -3.79. The van der Waals surface area contributed by atoms with Crippen LogP contribution in [0.1, 0.15) is 66.4 Å². The average molecular weight is 609 g/mol. The predicted octanol–water partition coefficient (Wildman–Crippen LogP) is 3.74. The standard InChI is InChI=1S/C34H40O10/c1-18-25(44-26(39)14-13-22-11-9-8-10-12-22)15-16-32(7)29(42-20(3)36)30(43-21(4)37)34-27(40)24(38)17-23(31(34,5)6)28(33(18,32)34)41-19(2)35/h8-14,23,25,27-30,40H,1,15-17H2,2-7H3/t23-,25-,27+,28+,29-,30-,32-,33+,34+/m0/s1. The fourth-order valence-corrected chi connectivity index (χ4v) is 9.69. The average Bonchev–Trinajstić information content (AvgIpc) is 3.18. The summed E-state index contributed by atoms with van der Waals surface area (Å²) in [5, 5.41) is 12.1. The van der Waals surface area contributed by atoms with Crippen molar-refractivity contribution in [3.63, 3.8) is 0 Å². The first-order valence-corrected chi connectivity index (χ1v) is 14.9. The molecule has 5 rings (SSSR count). The van der Waals surface area contributed by atoms with Gasteiger partial charge in [0.1, 0.15) is 30.5 Å². The molecule has 4 fully saturated rings. The van der Waals surface area contributed by atoms with E-state index in [0.29, 0.717) is 5.57 Å². The van der Waals surface area contributed by atoms with Crippen molar-refractivity contribution in [2.45, 2.75) is 91.3 Å². The highest BCUT2D eigenvalue weighted by Gasteiger charge is 2.93. The molecule has 4 aliphatic rings. The van der Waals surface area contributed by atoms with Crippen molar-refractivity contribution in [1.29, 1.82) is 0 Å². The van der Waals surface area contributed by atoms with Crippen LogP contribution in [0.2, 0.25) is 0 Å². The number of esters is 4. The molecule has 2 bridgehead atoms. The molecule has 4 aliphatic carbocycles. The molecule has 0 aromatic heterocycles. The molecule has 0 amide bonds. The highest BCUT2D eigenvalue weighted by atomic mass is 16.6. The zero-order valence-electron chi connectivity index (χ0n) is 26.0. The van der Waals surface area contributed by atoms with Gasteiger partial charge >= 0.3 is 23.9 Å². The molecule has 236 valence electrons. The summed E-state index contributed by atoms with van der Waals surface area (Å²) in [6.07, 6.45) is -2.81. The minimum absolute atomic E-state index is 0.103. The zero-order valence-corrected chi connectivity index (χ0v) is 26.0. The Balaban J connectivity index is 1.73. The predicted molar refractivity (Wildman–Crippen MR) is 156 cm³/mol. The first-order chi connectivity index (χ1) is 20.6. The molecule has 0 saturated heterocycles. The van der Waals surface area contributed by atoms with Gasteiger partial charge in [0, 0.05) is 44.6 Å². The van der Waals surface area contributed by atoms with Crippen LogP contribution in [0.25, 0.3) is 6.08 Å². The van der Waals surface area contributed by atoms with E-state index in [1.165, 1.54) is 26.8 Å². The number of hydrogen-bond donors (Lipinski definition) is 1. The van der Waals surface area contributed by atoms with Crippen LogP contribution in [0, 0.1) is 27.6 Å². The van der Waals surface area contributed by atoms with E-state index in [4.69, 9.17) is 18.9 Å². The summed E-state index contributed by atoms with van der Waals surface area (Å²) >= 11 is 0. The third-order valence-electron chi connectivity index (χ3n) is 11.0. The van der Waals surface area contributed by atoms with Crippen LogP contribution in [-0.4, -0.2) is 65.3 Å². The van der Waals surface area contributed by atoms with Gasteiger partial charge in [-0.3, -0.25) is 19.2 Å². The van der Waals surface area contributed by atoms with E-state index in [0.717, 1.165) is 5.56 Å². The first-order valence-electron chi connectivity index (χ1n) is 14.9. The second-order valence-electron chi connectivity index (χ2n) is 13.3. The summed E-state index contributed by atoms with van der Waals surface area (Å²) in [5.41, 5.74) is -4.27. The lowest BCUT2D eigenvalue weighted by atomic mass is 9.44. The number of carbonyl (C=O) groups excluding carboxylic acids is 5. The zero-order chi connectivity index (χ0) is 32.4. The Bertz CT molecular complexity index is 1440. The molecule has 1 aromatic carbocycles. The van der Waals surface area contributed by atoms with Gasteiger partial charge in [0.2, 0.25) is 0 Å². The van der Waals surface area contributed by atoms with Crippen LogP contribution in [0.3, 0.4) is 0 Å². The van der Waals surface area contributed by atoms with Crippen molar-refractivity contribution < 1.29 is 48.0 Å². The first kappa shape index (κ1) is 31.6. The lowest BCUT2D eigenvalue weighted by Gasteiger charge is -2.59. The second-order valence-corrected chi connectivity index (χ2v) is 13.3. The van der Waals surface area contributed by atoms with Gasteiger partial charge in [-0.1, -0.05) is 57.7 Å². The number of fused-ring (bicyclic) bond motifs is 1. The Morgan fingerprint density at radius 3 is 2.05 bits per heavy atom. The minimum atomic E-state index is -1.71. The number of ketones is 1. The number of hydrogen-bond acceptors (Lipinski definition) is 10. The van der Waals surface area contributed by atoms with Crippen molar-refractivity contribution >= 4 is 35.7 Å². The molecule has 2 spiro atoms. The Kier molecular flexibility index (Phi) is 7.68. The van der Waals surface area contributed by atoms with E-state index >= 15 is 0 Å². The summed E-state index contributed by atoms with van der Waals surface area (Å²) in [7, 11) is 0. The van der Waals surface area contributed by atoms with Crippen LogP contribution < -0.4 is 0 Å². The highest BCUT2D eigenvalue weighted by molar-refractivity contribution is 5.89. The Labute approximate surface area is 256 Å². The number of ether oxygens (including phenoxy) is 4. The lowest BCUT2D eigenvalue weighted by Crippen LogP contribution is -2.66. The van der Waals surface area contributed by atoms with Gasteiger partial charge in [-0.2, -0.15) is 0 Å². The van der Waals surface area contributed by atoms with Gasteiger partial charge in [-0.05, 0) is 35.5 Å². The van der Waals surface area contributed by atoms with E-state index < -0.39 is 87.8 Å². The molecule has 1 N–H and O–H groups in total. The number of aliphatic hydroxyl groups is 1. The molecule has 44 heavy (non-hydrogen) atoms. The summed E-state index contributed by atoms with van der Waals surface area (Å²) in [5.74, 6) is -3.75. The third kappa shape index (κ3) is 4.06. The summed E-state index contributed by atoms with van der Waals surface area (Å²) in [6, 6.07) is 9.22. The van der Waals surface area contributed by atoms with E-state index in [1.807, 2.05) is 51.1 Å². The van der Waals surface area contributed by atoms with Crippen molar-refractivity contribution in [2.24, 2.45) is 27.6 Å². The Morgan fingerprint density at radius 2 is 1.45 bits per heavy atom. The summed E-state index contributed by atoms with van der Waals surface area (Å²) in [4.78, 5) is 64.9. The number of rotatable bonds is 6. The van der Waals surface area contributed by atoms with Gasteiger partial charge in [-0.15, -0.1) is 0 Å². The SMILES string of the molecule is C=C1[C@@H](OC(=O)C=Cc2ccccc2)CC[C@@]2(C)[C@@H](OC(C)=O)[C@H](OC(C)=O)[C@@]34[C@H](O)C(=O)C[C@@H]([C@@H](OC(C)=O)[C@@]132)C4(C)C. The molecule has 10 heteroatoms. The maximum Gasteiger partial charge on any atom is 0.331 e. The minimum Gasteiger partial charge on any atom is -0.461 e. The number of benzene rings is 1. The van der Waals surface area contributed by atoms with Gasteiger partial charge in [-0.25, -0.2) is 4.79 Å². The van der Waals surface area contributed by atoms with E-state index in [1.54, 1.807) is 6.08 Å².